The highest BCUT2D eigenvalue weighted by molar-refractivity contribution is 8.13. The summed E-state index contributed by atoms with van der Waals surface area (Å²) in [5.74, 6) is -0.220. The minimum absolute atomic E-state index is 0.0599. The van der Waals surface area contributed by atoms with Gasteiger partial charge in [0.1, 0.15) is 0 Å². The van der Waals surface area contributed by atoms with Crippen molar-refractivity contribution in [2.24, 2.45) is 5.92 Å². The molecule has 0 bridgehead atoms. The second kappa shape index (κ2) is 5.61. The van der Waals surface area contributed by atoms with Gasteiger partial charge in [0.25, 0.3) is 0 Å². The predicted molar refractivity (Wildman–Crippen MR) is 81.7 cm³/mol. The third-order valence-corrected chi connectivity index (χ3v) is 5.68. The van der Waals surface area contributed by atoms with Gasteiger partial charge >= 0.3 is 0 Å². The molecule has 3 rings (SSSR count). The Morgan fingerprint density at radius 1 is 1.19 bits per heavy atom. The van der Waals surface area contributed by atoms with Crippen LogP contribution in [0.15, 0.2) is 24.3 Å². The fourth-order valence-corrected chi connectivity index (χ4v) is 4.82. The van der Waals surface area contributed by atoms with E-state index in [0.717, 1.165) is 19.3 Å². The number of nitrogens with zero attached hydrogens (tertiary/aromatic N) is 1. The van der Waals surface area contributed by atoms with Gasteiger partial charge in [0.05, 0.1) is 5.75 Å². The maximum Gasteiger partial charge on any atom is 0.232 e. The van der Waals surface area contributed by atoms with Crippen LogP contribution in [0.1, 0.15) is 24.0 Å². The second-order valence-corrected chi connectivity index (χ2v) is 8.81. The number of hydrogen-bond acceptors (Lipinski definition) is 3. The van der Waals surface area contributed by atoms with E-state index in [9.17, 15) is 13.2 Å². The summed E-state index contributed by atoms with van der Waals surface area (Å²) in [5, 5.41) is 0. The van der Waals surface area contributed by atoms with Gasteiger partial charge < -0.3 is 4.90 Å². The summed E-state index contributed by atoms with van der Waals surface area (Å²) >= 11 is 0. The van der Waals surface area contributed by atoms with E-state index in [1.807, 2.05) is 17.0 Å². The Balaban J connectivity index is 1.70. The van der Waals surface area contributed by atoms with Gasteiger partial charge in [0.15, 0.2) is 0 Å². The molecule has 1 fully saturated rings. The van der Waals surface area contributed by atoms with E-state index in [-0.39, 0.29) is 23.6 Å². The summed E-state index contributed by atoms with van der Waals surface area (Å²) in [6.45, 7) is 0.512. The van der Waals surface area contributed by atoms with Gasteiger partial charge in [0, 0.05) is 35.6 Å². The molecule has 1 aromatic carbocycles. The quantitative estimate of drug-likeness (QED) is 0.797. The number of benzene rings is 1. The summed E-state index contributed by atoms with van der Waals surface area (Å²) in [7, 11) is 1.76. The van der Waals surface area contributed by atoms with E-state index in [1.165, 1.54) is 11.1 Å². The first-order valence-electron chi connectivity index (χ1n) is 7.21. The predicted octanol–water partition coefficient (Wildman–Crippen LogP) is 1.96. The number of carbonyl (C=O) groups is 1. The Morgan fingerprint density at radius 3 is 2.62 bits per heavy atom. The second-order valence-electron chi connectivity index (χ2n) is 5.99. The van der Waals surface area contributed by atoms with Crippen LogP contribution in [0.4, 0.5) is 0 Å². The van der Waals surface area contributed by atoms with Gasteiger partial charge in [-0.3, -0.25) is 4.79 Å². The van der Waals surface area contributed by atoms with Gasteiger partial charge in [-0.2, -0.15) is 0 Å². The molecule has 21 heavy (non-hydrogen) atoms. The molecule has 2 atom stereocenters. The third-order valence-electron chi connectivity index (χ3n) is 4.43. The van der Waals surface area contributed by atoms with Crippen molar-refractivity contribution in [3.8, 4) is 0 Å². The molecule has 1 amide bonds. The zero-order valence-corrected chi connectivity index (χ0v) is 13.2. The average Bonchev–Trinajstić information content (AvgIpc) is 2.76. The lowest BCUT2D eigenvalue weighted by Gasteiger charge is -2.32. The summed E-state index contributed by atoms with van der Waals surface area (Å²) in [6.07, 6.45) is 3.08. The summed E-state index contributed by atoms with van der Waals surface area (Å²) < 4.78 is 22.4. The Kier molecular flexibility index (Phi) is 3.97. The number of halogens is 1. The Hall–Kier alpha value is -1.07. The molecule has 1 saturated heterocycles. The molecule has 0 saturated carbocycles. The van der Waals surface area contributed by atoms with Crippen LogP contribution in [-0.4, -0.2) is 37.6 Å². The van der Waals surface area contributed by atoms with Crippen LogP contribution in [0, 0.1) is 5.92 Å². The van der Waals surface area contributed by atoms with Crippen molar-refractivity contribution in [1.82, 2.24) is 4.90 Å². The molecular weight excluding hydrogens is 310 g/mol. The van der Waals surface area contributed by atoms with Crippen molar-refractivity contribution in [2.75, 3.05) is 12.3 Å². The number of likely N-dealkylation sites (tertiary alicyclic amines) is 1. The van der Waals surface area contributed by atoms with E-state index in [2.05, 4.69) is 12.1 Å². The highest BCUT2D eigenvalue weighted by atomic mass is 35.7. The molecule has 0 aromatic heterocycles. The number of amides is 1. The fourth-order valence-electron chi connectivity index (χ4n) is 3.50. The number of aryl methyl sites for hydroxylation is 1. The van der Waals surface area contributed by atoms with Crippen LogP contribution >= 0.6 is 10.7 Å². The van der Waals surface area contributed by atoms with Gasteiger partial charge in [-0.15, -0.1) is 0 Å². The largest absolute Gasteiger partial charge is 0.339 e. The number of hydrogen-bond donors (Lipinski definition) is 0. The third kappa shape index (κ3) is 3.40. The standard InChI is InChI=1S/C15H18ClNO3S/c16-21(19,20)10-11-7-15(18)17(9-11)14-6-5-12-3-1-2-4-13(12)8-14/h1-4,11,14H,5-10H2. The lowest BCUT2D eigenvalue weighted by Crippen LogP contribution is -2.40. The molecule has 1 aliphatic carbocycles. The summed E-state index contributed by atoms with van der Waals surface area (Å²) in [6, 6.07) is 8.51. The van der Waals surface area contributed by atoms with Gasteiger partial charge in [-0.05, 0) is 30.4 Å². The molecule has 6 heteroatoms. The smallest absolute Gasteiger partial charge is 0.232 e. The van der Waals surface area contributed by atoms with Gasteiger partial charge in [0.2, 0.25) is 15.0 Å². The average molecular weight is 328 g/mol. The van der Waals surface area contributed by atoms with Gasteiger partial charge in [-0.25, -0.2) is 8.42 Å². The van der Waals surface area contributed by atoms with Crippen molar-refractivity contribution < 1.29 is 13.2 Å². The van der Waals surface area contributed by atoms with Crippen LogP contribution in [0.3, 0.4) is 0 Å². The maximum atomic E-state index is 12.2. The minimum atomic E-state index is -3.54. The SMILES string of the molecule is O=C1CC(CS(=O)(=O)Cl)CN1C1CCc2ccccc2C1. The highest BCUT2D eigenvalue weighted by Gasteiger charge is 2.37. The van der Waals surface area contributed by atoms with Crippen molar-refractivity contribution >= 4 is 25.6 Å². The van der Waals surface area contributed by atoms with Crippen LogP contribution in [0.5, 0.6) is 0 Å². The fraction of sp³-hybridized carbons (Fsp3) is 0.533. The summed E-state index contributed by atoms with van der Waals surface area (Å²) in [4.78, 5) is 14.0. The van der Waals surface area contributed by atoms with E-state index >= 15 is 0 Å². The maximum absolute atomic E-state index is 12.2. The van der Waals surface area contributed by atoms with E-state index in [1.54, 1.807) is 0 Å². The minimum Gasteiger partial charge on any atom is -0.339 e. The first kappa shape index (κ1) is 14.9. The van der Waals surface area contributed by atoms with E-state index in [4.69, 9.17) is 10.7 Å². The van der Waals surface area contributed by atoms with E-state index < -0.39 is 9.05 Å². The molecule has 2 unspecified atom stereocenters. The molecule has 0 N–H and O–H groups in total. The molecule has 1 heterocycles. The Morgan fingerprint density at radius 2 is 1.90 bits per heavy atom. The molecule has 114 valence electrons. The first-order valence-corrected chi connectivity index (χ1v) is 9.69. The van der Waals surface area contributed by atoms with Crippen molar-refractivity contribution in [3.63, 3.8) is 0 Å². The Bertz CT molecular complexity index is 659. The zero-order chi connectivity index (χ0) is 15.0. The lowest BCUT2D eigenvalue weighted by atomic mass is 9.87. The number of carbonyl (C=O) groups excluding carboxylic acids is 1. The summed E-state index contributed by atoms with van der Waals surface area (Å²) in [5.41, 5.74) is 2.66. The van der Waals surface area contributed by atoms with Crippen LogP contribution in [0.25, 0.3) is 0 Å². The molecule has 1 aliphatic heterocycles. The number of rotatable bonds is 3. The number of fused-ring (bicyclic) bond motifs is 1. The zero-order valence-electron chi connectivity index (χ0n) is 11.7. The Labute approximate surface area is 129 Å². The highest BCUT2D eigenvalue weighted by Crippen LogP contribution is 2.29. The van der Waals surface area contributed by atoms with E-state index in [0.29, 0.717) is 13.0 Å². The topological polar surface area (TPSA) is 54.5 Å². The molecule has 0 spiro atoms. The van der Waals surface area contributed by atoms with Crippen LogP contribution in [0.2, 0.25) is 0 Å². The molecule has 1 aromatic rings. The van der Waals surface area contributed by atoms with Crippen molar-refractivity contribution in [2.45, 2.75) is 31.7 Å². The van der Waals surface area contributed by atoms with Crippen LogP contribution < -0.4 is 0 Å². The molecular formula is C15H18ClNO3S. The molecule has 4 nitrogen and oxygen atoms in total. The van der Waals surface area contributed by atoms with Crippen LogP contribution in [-0.2, 0) is 26.7 Å². The normalized spacial score (nSPS) is 26.0. The monoisotopic (exact) mass is 327 g/mol. The van der Waals surface area contributed by atoms with Crippen molar-refractivity contribution in [3.05, 3.63) is 35.4 Å². The molecule has 0 radical (unpaired) electrons. The lowest BCUT2D eigenvalue weighted by molar-refractivity contribution is -0.129. The molecule has 2 aliphatic rings. The first-order chi connectivity index (χ1) is 9.92. The van der Waals surface area contributed by atoms with Gasteiger partial charge in [-0.1, -0.05) is 24.3 Å². The van der Waals surface area contributed by atoms with Crippen molar-refractivity contribution in [1.29, 1.82) is 0 Å².